The summed E-state index contributed by atoms with van der Waals surface area (Å²) < 4.78 is 5.60. The van der Waals surface area contributed by atoms with Gasteiger partial charge >= 0.3 is 0 Å². The van der Waals surface area contributed by atoms with Crippen LogP contribution in [0.3, 0.4) is 0 Å². The summed E-state index contributed by atoms with van der Waals surface area (Å²) in [5.41, 5.74) is 2.14. The van der Waals surface area contributed by atoms with Crippen LogP contribution in [-0.4, -0.2) is 42.5 Å². The van der Waals surface area contributed by atoms with Gasteiger partial charge in [0, 0.05) is 12.6 Å². The van der Waals surface area contributed by atoms with Gasteiger partial charge < -0.3 is 15.0 Å². The maximum absolute atomic E-state index is 12.2. The molecule has 0 radical (unpaired) electrons. The maximum atomic E-state index is 12.2. The highest BCUT2D eigenvalue weighted by Gasteiger charge is 2.17. The van der Waals surface area contributed by atoms with Crippen LogP contribution in [0.15, 0.2) is 18.2 Å². The van der Waals surface area contributed by atoms with E-state index in [4.69, 9.17) is 4.74 Å². The number of nitrogens with zero attached hydrogens (tertiary/aromatic N) is 1. The quantitative estimate of drug-likeness (QED) is 0.839. The molecule has 0 aliphatic heterocycles. The van der Waals surface area contributed by atoms with Crippen molar-refractivity contribution in [2.45, 2.75) is 40.7 Å². The molecule has 0 spiro atoms. The van der Waals surface area contributed by atoms with E-state index in [1.807, 2.05) is 52.8 Å². The molecule has 0 bridgehead atoms. The number of likely N-dealkylation sites (N-methyl/N-ethyl adjacent to an activating group) is 1. The molecule has 0 heterocycles. The van der Waals surface area contributed by atoms with Crippen LogP contribution in [0.5, 0.6) is 5.75 Å². The van der Waals surface area contributed by atoms with Gasteiger partial charge in [0.25, 0.3) is 5.91 Å². The summed E-state index contributed by atoms with van der Waals surface area (Å²) >= 11 is 0. The maximum Gasteiger partial charge on any atom is 0.260 e. The molecule has 1 aromatic rings. The number of aryl methyl sites for hydroxylation is 1. The van der Waals surface area contributed by atoms with Gasteiger partial charge in [0.15, 0.2) is 6.61 Å². The number of ether oxygens (including phenoxy) is 1. The summed E-state index contributed by atoms with van der Waals surface area (Å²) in [6.07, 6.45) is 0. The minimum atomic E-state index is -0.192. The molecule has 0 fully saturated rings. The van der Waals surface area contributed by atoms with Crippen LogP contribution in [0.2, 0.25) is 0 Å². The monoisotopic (exact) mass is 306 g/mol. The van der Waals surface area contributed by atoms with E-state index in [1.54, 1.807) is 0 Å². The lowest BCUT2D eigenvalue weighted by molar-refractivity contribution is -0.137. The molecule has 1 rings (SSSR count). The first-order valence-electron chi connectivity index (χ1n) is 7.61. The number of hydrogen-bond donors (Lipinski definition) is 1. The summed E-state index contributed by atoms with van der Waals surface area (Å²) in [6.45, 7) is 10.1. The fourth-order valence-corrected chi connectivity index (χ4v) is 2.03. The topological polar surface area (TPSA) is 58.6 Å². The van der Waals surface area contributed by atoms with E-state index < -0.39 is 0 Å². The number of amides is 2. The Morgan fingerprint density at radius 1 is 1.27 bits per heavy atom. The van der Waals surface area contributed by atoms with Crippen LogP contribution in [0.4, 0.5) is 0 Å². The van der Waals surface area contributed by atoms with Crippen molar-refractivity contribution in [3.63, 3.8) is 0 Å². The van der Waals surface area contributed by atoms with Gasteiger partial charge in [-0.05, 0) is 51.8 Å². The van der Waals surface area contributed by atoms with Crippen molar-refractivity contribution in [2.75, 3.05) is 19.7 Å². The summed E-state index contributed by atoms with van der Waals surface area (Å²) in [5.74, 6) is 0.357. The highest BCUT2D eigenvalue weighted by Crippen LogP contribution is 2.20. The van der Waals surface area contributed by atoms with Crippen LogP contribution in [0.25, 0.3) is 0 Å². The number of rotatable bonds is 7. The van der Waals surface area contributed by atoms with Crippen molar-refractivity contribution in [1.29, 1.82) is 0 Å². The van der Waals surface area contributed by atoms with E-state index in [0.29, 0.717) is 12.3 Å². The summed E-state index contributed by atoms with van der Waals surface area (Å²) in [4.78, 5) is 25.4. The van der Waals surface area contributed by atoms with Gasteiger partial charge in [-0.25, -0.2) is 0 Å². The van der Waals surface area contributed by atoms with Crippen LogP contribution >= 0.6 is 0 Å². The number of carbonyl (C=O) groups is 2. The lowest BCUT2D eigenvalue weighted by atomic mass is 10.1. The number of nitrogens with one attached hydrogen (secondary N) is 1. The number of benzene rings is 1. The molecule has 5 nitrogen and oxygen atoms in total. The summed E-state index contributed by atoms with van der Waals surface area (Å²) in [5, 5.41) is 2.78. The third-order valence-corrected chi connectivity index (χ3v) is 3.42. The number of carbonyl (C=O) groups excluding carboxylic acids is 2. The van der Waals surface area contributed by atoms with Gasteiger partial charge in [0.1, 0.15) is 5.75 Å². The first-order chi connectivity index (χ1) is 10.3. The van der Waals surface area contributed by atoms with E-state index in [0.717, 1.165) is 11.1 Å². The largest absolute Gasteiger partial charge is 0.483 e. The molecule has 1 aromatic carbocycles. The summed E-state index contributed by atoms with van der Waals surface area (Å²) in [7, 11) is 0. The van der Waals surface area contributed by atoms with Crippen molar-refractivity contribution >= 4 is 11.8 Å². The first-order valence-corrected chi connectivity index (χ1v) is 7.61. The standard InChI is InChI=1S/C17H26N2O3/c1-6-19(10-16(20)18-12(2)3)17(21)11-22-15-9-7-8-13(4)14(15)5/h7-9,12H,6,10-11H2,1-5H3,(H,18,20). The van der Waals surface area contributed by atoms with E-state index >= 15 is 0 Å². The lowest BCUT2D eigenvalue weighted by Gasteiger charge is -2.21. The third-order valence-electron chi connectivity index (χ3n) is 3.42. The van der Waals surface area contributed by atoms with Crippen LogP contribution in [0.1, 0.15) is 31.9 Å². The Kier molecular flexibility index (Phi) is 6.89. The molecule has 0 atom stereocenters. The Morgan fingerprint density at radius 2 is 1.95 bits per heavy atom. The minimum Gasteiger partial charge on any atom is -0.483 e. The smallest absolute Gasteiger partial charge is 0.260 e. The predicted molar refractivity (Wildman–Crippen MR) is 86.9 cm³/mol. The van der Waals surface area contributed by atoms with Gasteiger partial charge in [0.2, 0.25) is 5.91 Å². The molecule has 0 saturated carbocycles. The molecule has 122 valence electrons. The molecule has 0 unspecified atom stereocenters. The van der Waals surface area contributed by atoms with Gasteiger partial charge in [-0.15, -0.1) is 0 Å². The fraction of sp³-hybridized carbons (Fsp3) is 0.529. The molecule has 1 N–H and O–H groups in total. The average molecular weight is 306 g/mol. The Balaban J connectivity index is 2.58. The molecular formula is C17H26N2O3. The molecule has 2 amide bonds. The fourth-order valence-electron chi connectivity index (χ4n) is 2.03. The van der Waals surface area contributed by atoms with Gasteiger partial charge in [-0.3, -0.25) is 9.59 Å². The Labute approximate surface area is 132 Å². The normalized spacial score (nSPS) is 10.5. The minimum absolute atomic E-state index is 0.0592. The van der Waals surface area contributed by atoms with Gasteiger partial charge in [0.05, 0.1) is 6.54 Å². The molecule has 0 aliphatic rings. The summed E-state index contributed by atoms with van der Waals surface area (Å²) in [6, 6.07) is 5.80. The molecule has 0 aliphatic carbocycles. The van der Waals surface area contributed by atoms with E-state index in [9.17, 15) is 9.59 Å². The van der Waals surface area contributed by atoms with E-state index in [2.05, 4.69) is 5.32 Å². The Hall–Kier alpha value is -2.04. The first kappa shape index (κ1) is 18.0. The van der Waals surface area contributed by atoms with Crippen molar-refractivity contribution in [2.24, 2.45) is 0 Å². The van der Waals surface area contributed by atoms with Crippen molar-refractivity contribution in [3.8, 4) is 5.75 Å². The van der Waals surface area contributed by atoms with Crippen molar-refractivity contribution < 1.29 is 14.3 Å². The van der Waals surface area contributed by atoms with Crippen LogP contribution in [-0.2, 0) is 9.59 Å². The van der Waals surface area contributed by atoms with Gasteiger partial charge in [-0.1, -0.05) is 12.1 Å². The molecule has 22 heavy (non-hydrogen) atoms. The molecular weight excluding hydrogens is 280 g/mol. The highest BCUT2D eigenvalue weighted by atomic mass is 16.5. The molecule has 0 saturated heterocycles. The third kappa shape index (κ3) is 5.39. The predicted octanol–water partition coefficient (Wildman–Crippen LogP) is 2.06. The van der Waals surface area contributed by atoms with Gasteiger partial charge in [-0.2, -0.15) is 0 Å². The van der Waals surface area contributed by atoms with Crippen LogP contribution in [0, 0.1) is 13.8 Å². The highest BCUT2D eigenvalue weighted by molar-refractivity contribution is 5.85. The second-order valence-electron chi connectivity index (χ2n) is 5.62. The van der Waals surface area contributed by atoms with E-state index in [1.165, 1.54) is 4.90 Å². The SMILES string of the molecule is CCN(CC(=O)NC(C)C)C(=O)COc1cccc(C)c1C. The van der Waals surface area contributed by atoms with E-state index in [-0.39, 0.29) is 31.0 Å². The second-order valence-corrected chi connectivity index (χ2v) is 5.62. The molecule has 5 heteroatoms. The van der Waals surface area contributed by atoms with Crippen LogP contribution < -0.4 is 10.1 Å². The van der Waals surface area contributed by atoms with Crippen molar-refractivity contribution in [3.05, 3.63) is 29.3 Å². The molecule has 0 aromatic heterocycles. The Morgan fingerprint density at radius 3 is 2.55 bits per heavy atom. The second kappa shape index (κ2) is 8.41. The number of hydrogen-bond acceptors (Lipinski definition) is 3. The zero-order valence-electron chi connectivity index (χ0n) is 14.1. The Bertz CT molecular complexity index is 527. The lowest BCUT2D eigenvalue weighted by Crippen LogP contribution is -2.44. The van der Waals surface area contributed by atoms with Crippen molar-refractivity contribution in [1.82, 2.24) is 10.2 Å². The zero-order chi connectivity index (χ0) is 16.7. The average Bonchev–Trinajstić information content (AvgIpc) is 2.45. The zero-order valence-corrected chi connectivity index (χ0v) is 14.1.